The quantitative estimate of drug-likeness (QED) is 0.451. The Morgan fingerprint density at radius 3 is 2.23 bits per heavy atom. The smallest absolute Gasteiger partial charge is 0.251 e. The van der Waals surface area contributed by atoms with Crippen LogP contribution in [0.3, 0.4) is 0 Å². The van der Waals surface area contributed by atoms with Crippen molar-refractivity contribution in [3.8, 4) is 0 Å². The van der Waals surface area contributed by atoms with E-state index in [4.69, 9.17) is 0 Å². The maximum Gasteiger partial charge on any atom is 0.251 e. The minimum atomic E-state index is -0.107. The number of aromatic nitrogens is 2. The molecule has 0 aliphatic heterocycles. The van der Waals surface area contributed by atoms with Crippen molar-refractivity contribution in [3.05, 3.63) is 47.3 Å². The van der Waals surface area contributed by atoms with Gasteiger partial charge in [-0.15, -0.1) is 0 Å². The molecule has 0 bridgehead atoms. The highest BCUT2D eigenvalue weighted by Crippen LogP contribution is 2.11. The van der Waals surface area contributed by atoms with Crippen molar-refractivity contribution in [2.45, 2.75) is 40.5 Å². The van der Waals surface area contributed by atoms with Gasteiger partial charge in [0, 0.05) is 48.7 Å². The van der Waals surface area contributed by atoms with Crippen molar-refractivity contribution in [3.63, 3.8) is 0 Å². The number of likely N-dealkylation sites (N-methyl/N-ethyl adjacent to an activating group) is 1. The Labute approximate surface area is 184 Å². The van der Waals surface area contributed by atoms with Gasteiger partial charge < -0.3 is 20.9 Å². The SMILES string of the molecule is CCN(CC)CCNC(=O)c1ccc(NC(=O)CCCNc2nc(C)cc(C)n2)cc1. The van der Waals surface area contributed by atoms with Gasteiger partial charge >= 0.3 is 0 Å². The summed E-state index contributed by atoms with van der Waals surface area (Å²) in [6, 6.07) is 8.86. The van der Waals surface area contributed by atoms with Gasteiger partial charge in [0.25, 0.3) is 5.91 Å². The van der Waals surface area contributed by atoms with Crippen LogP contribution in [0.2, 0.25) is 0 Å². The van der Waals surface area contributed by atoms with Crippen molar-refractivity contribution in [1.29, 1.82) is 0 Å². The molecule has 0 spiro atoms. The second-order valence-corrected chi connectivity index (χ2v) is 7.41. The first kappa shape index (κ1) is 24.3. The number of benzene rings is 1. The fourth-order valence-electron chi connectivity index (χ4n) is 3.15. The van der Waals surface area contributed by atoms with Crippen molar-refractivity contribution in [1.82, 2.24) is 20.2 Å². The number of amides is 2. The number of nitrogens with one attached hydrogen (secondary N) is 3. The van der Waals surface area contributed by atoms with Crippen molar-refractivity contribution < 1.29 is 9.59 Å². The zero-order valence-corrected chi connectivity index (χ0v) is 19.0. The summed E-state index contributed by atoms with van der Waals surface area (Å²) in [5, 5.41) is 8.94. The summed E-state index contributed by atoms with van der Waals surface area (Å²) in [5.74, 6) is 0.410. The van der Waals surface area contributed by atoms with Crippen LogP contribution < -0.4 is 16.0 Å². The van der Waals surface area contributed by atoms with E-state index >= 15 is 0 Å². The van der Waals surface area contributed by atoms with Gasteiger partial charge in [0.2, 0.25) is 11.9 Å². The van der Waals surface area contributed by atoms with Crippen LogP contribution in [0.4, 0.5) is 11.6 Å². The first-order valence-corrected chi connectivity index (χ1v) is 10.9. The number of aryl methyl sites for hydroxylation is 2. The minimum Gasteiger partial charge on any atom is -0.354 e. The highest BCUT2D eigenvalue weighted by atomic mass is 16.2. The van der Waals surface area contributed by atoms with Crippen LogP contribution in [0.15, 0.2) is 30.3 Å². The van der Waals surface area contributed by atoms with Gasteiger partial charge in [-0.25, -0.2) is 9.97 Å². The Bertz CT molecular complexity index is 829. The molecule has 168 valence electrons. The third kappa shape index (κ3) is 8.72. The third-order valence-corrected chi connectivity index (χ3v) is 4.88. The van der Waals surface area contributed by atoms with Gasteiger partial charge in [0.05, 0.1) is 0 Å². The zero-order chi connectivity index (χ0) is 22.6. The molecule has 2 amide bonds. The minimum absolute atomic E-state index is 0.0698. The van der Waals surface area contributed by atoms with Gasteiger partial charge in [-0.1, -0.05) is 13.8 Å². The van der Waals surface area contributed by atoms with Crippen molar-refractivity contribution in [2.24, 2.45) is 0 Å². The number of nitrogens with zero attached hydrogens (tertiary/aromatic N) is 3. The van der Waals surface area contributed by atoms with Crippen molar-refractivity contribution >= 4 is 23.5 Å². The molecule has 0 saturated carbocycles. The Balaban J connectivity index is 1.70. The molecule has 0 fully saturated rings. The average Bonchev–Trinajstić information content (AvgIpc) is 2.74. The van der Waals surface area contributed by atoms with E-state index < -0.39 is 0 Å². The van der Waals surface area contributed by atoms with Crippen LogP contribution in [-0.2, 0) is 4.79 Å². The fourth-order valence-corrected chi connectivity index (χ4v) is 3.15. The molecule has 0 saturated heterocycles. The lowest BCUT2D eigenvalue weighted by Crippen LogP contribution is -2.34. The van der Waals surface area contributed by atoms with Gasteiger partial charge in [0.15, 0.2) is 0 Å². The largest absolute Gasteiger partial charge is 0.354 e. The van der Waals surface area contributed by atoms with E-state index in [9.17, 15) is 9.59 Å². The lowest BCUT2D eigenvalue weighted by Gasteiger charge is -2.18. The molecule has 1 aromatic carbocycles. The molecule has 0 aliphatic rings. The molecule has 31 heavy (non-hydrogen) atoms. The first-order chi connectivity index (χ1) is 14.9. The maximum absolute atomic E-state index is 12.2. The average molecular weight is 427 g/mol. The number of hydrogen-bond acceptors (Lipinski definition) is 6. The fraction of sp³-hybridized carbons (Fsp3) is 0.478. The summed E-state index contributed by atoms with van der Waals surface area (Å²) in [4.78, 5) is 35.3. The Kier molecular flexibility index (Phi) is 9.90. The lowest BCUT2D eigenvalue weighted by atomic mass is 10.2. The molecule has 1 aromatic heterocycles. The Morgan fingerprint density at radius 1 is 0.968 bits per heavy atom. The number of anilines is 2. The van der Waals surface area contributed by atoms with E-state index in [2.05, 4.69) is 44.7 Å². The highest BCUT2D eigenvalue weighted by molar-refractivity contribution is 5.95. The summed E-state index contributed by atoms with van der Waals surface area (Å²) in [7, 11) is 0. The third-order valence-electron chi connectivity index (χ3n) is 4.88. The van der Waals surface area contributed by atoms with E-state index in [0.717, 1.165) is 31.0 Å². The molecular formula is C23H34N6O2. The summed E-state index contributed by atoms with van der Waals surface area (Å²) < 4.78 is 0. The molecule has 0 radical (unpaired) electrons. The molecule has 0 unspecified atom stereocenters. The molecule has 2 rings (SSSR count). The second-order valence-electron chi connectivity index (χ2n) is 7.41. The van der Waals surface area contributed by atoms with Crippen molar-refractivity contribution in [2.75, 3.05) is 43.4 Å². The van der Waals surface area contributed by atoms with Gasteiger partial charge in [-0.05, 0) is 63.7 Å². The first-order valence-electron chi connectivity index (χ1n) is 10.9. The van der Waals surface area contributed by atoms with E-state index in [1.807, 2.05) is 19.9 Å². The zero-order valence-electron chi connectivity index (χ0n) is 19.0. The molecule has 0 atom stereocenters. The summed E-state index contributed by atoms with van der Waals surface area (Å²) in [6.45, 7) is 12.1. The van der Waals surface area contributed by atoms with Gasteiger partial charge in [0.1, 0.15) is 0 Å². The van der Waals surface area contributed by atoms with Crippen LogP contribution >= 0.6 is 0 Å². The van der Waals surface area contributed by atoms with E-state index in [-0.39, 0.29) is 11.8 Å². The number of carbonyl (C=O) groups is 2. The molecule has 0 aliphatic carbocycles. The predicted octanol–water partition coefficient (Wildman–Crippen LogP) is 3.00. The molecule has 8 nitrogen and oxygen atoms in total. The van der Waals surface area contributed by atoms with Crippen LogP contribution in [0.1, 0.15) is 48.4 Å². The van der Waals surface area contributed by atoms with Crippen LogP contribution in [0.25, 0.3) is 0 Å². The van der Waals surface area contributed by atoms with Gasteiger partial charge in [-0.2, -0.15) is 0 Å². The van der Waals surface area contributed by atoms with Crippen LogP contribution in [0, 0.1) is 13.8 Å². The standard InChI is InChI=1S/C23H34N6O2/c1-5-29(6-2)15-14-24-22(31)19-9-11-20(12-10-19)28-21(30)8-7-13-25-23-26-17(3)16-18(4)27-23/h9-12,16H,5-8,13-15H2,1-4H3,(H,24,31)(H,28,30)(H,25,26,27). The molecular weight excluding hydrogens is 392 g/mol. The highest BCUT2D eigenvalue weighted by Gasteiger charge is 2.08. The molecule has 8 heteroatoms. The number of carbonyl (C=O) groups excluding carboxylic acids is 2. The lowest BCUT2D eigenvalue weighted by molar-refractivity contribution is -0.116. The number of rotatable bonds is 12. The predicted molar refractivity (Wildman–Crippen MR) is 124 cm³/mol. The van der Waals surface area contributed by atoms with E-state index in [1.54, 1.807) is 24.3 Å². The van der Waals surface area contributed by atoms with E-state index in [0.29, 0.717) is 43.1 Å². The normalized spacial score (nSPS) is 10.7. The molecule has 1 heterocycles. The summed E-state index contributed by atoms with van der Waals surface area (Å²) >= 11 is 0. The van der Waals surface area contributed by atoms with Crippen LogP contribution in [-0.4, -0.2) is 59.4 Å². The summed E-state index contributed by atoms with van der Waals surface area (Å²) in [5.41, 5.74) is 3.08. The molecule has 2 aromatic rings. The Hall–Kier alpha value is -3.00. The second kappa shape index (κ2) is 12.6. The summed E-state index contributed by atoms with van der Waals surface area (Å²) in [6.07, 6.45) is 1.04. The molecule has 3 N–H and O–H groups in total. The maximum atomic E-state index is 12.2. The Morgan fingerprint density at radius 2 is 1.61 bits per heavy atom. The monoisotopic (exact) mass is 426 g/mol. The van der Waals surface area contributed by atoms with E-state index in [1.165, 1.54) is 0 Å². The number of hydrogen-bond donors (Lipinski definition) is 3. The van der Waals surface area contributed by atoms with Gasteiger partial charge in [-0.3, -0.25) is 9.59 Å². The topological polar surface area (TPSA) is 99.2 Å². The van der Waals surface area contributed by atoms with Crippen LogP contribution in [0.5, 0.6) is 0 Å².